The lowest BCUT2D eigenvalue weighted by molar-refractivity contribution is -0.385. The average molecular weight is 443 g/mol. The number of non-ortho nitro benzene ring substituents is 1. The van der Waals surface area contributed by atoms with Crippen molar-refractivity contribution >= 4 is 15.7 Å². The van der Waals surface area contributed by atoms with Crippen LogP contribution in [0.4, 0.5) is 18.9 Å². The highest BCUT2D eigenvalue weighted by atomic mass is 32.2. The van der Waals surface area contributed by atoms with Gasteiger partial charge in [-0.25, -0.2) is 8.42 Å². The number of hydrogen-bond acceptors (Lipinski definition) is 5. The topological polar surface area (TPSA) is 83.8 Å². The number of sulfonamides is 1. The van der Waals surface area contributed by atoms with Gasteiger partial charge >= 0.3 is 6.18 Å². The van der Waals surface area contributed by atoms with E-state index in [1.165, 1.54) is 22.5 Å². The number of benzene rings is 2. The van der Waals surface area contributed by atoms with Crippen LogP contribution in [0.15, 0.2) is 47.4 Å². The smallest absolute Gasteiger partial charge is 0.296 e. The lowest BCUT2D eigenvalue weighted by Gasteiger charge is -2.34. The normalized spacial score (nSPS) is 16.5. The summed E-state index contributed by atoms with van der Waals surface area (Å²) in [5.74, 6) is 0. The number of halogens is 3. The molecule has 162 valence electrons. The van der Waals surface area contributed by atoms with Crippen molar-refractivity contribution in [1.82, 2.24) is 9.21 Å². The lowest BCUT2D eigenvalue weighted by atomic mass is 10.1. The van der Waals surface area contributed by atoms with E-state index in [4.69, 9.17) is 0 Å². The number of nitro benzene ring substituents is 1. The third-order valence-electron chi connectivity index (χ3n) is 4.99. The van der Waals surface area contributed by atoms with E-state index >= 15 is 0 Å². The molecule has 30 heavy (non-hydrogen) atoms. The number of alkyl halides is 3. The molecule has 0 radical (unpaired) electrons. The zero-order valence-electron chi connectivity index (χ0n) is 16.1. The molecule has 11 heteroatoms. The van der Waals surface area contributed by atoms with Gasteiger partial charge in [0.2, 0.25) is 10.0 Å². The standard InChI is InChI=1S/C19H20F3N3O4S/c1-14-5-6-17(25(26)27)12-18(14)30(28,29)24-9-7-23(8-10-24)13-15-3-2-4-16(11-15)19(20,21)22/h2-6,11-12H,7-10,13H2,1H3. The van der Waals surface area contributed by atoms with Crippen LogP contribution in [0.5, 0.6) is 0 Å². The quantitative estimate of drug-likeness (QED) is 0.522. The van der Waals surface area contributed by atoms with Crippen molar-refractivity contribution in [2.24, 2.45) is 0 Å². The van der Waals surface area contributed by atoms with Crippen molar-refractivity contribution in [2.75, 3.05) is 26.2 Å². The maximum absolute atomic E-state index is 13.0. The van der Waals surface area contributed by atoms with E-state index in [0.717, 1.165) is 18.2 Å². The van der Waals surface area contributed by atoms with Crippen molar-refractivity contribution in [1.29, 1.82) is 0 Å². The molecular formula is C19H20F3N3O4S. The van der Waals surface area contributed by atoms with E-state index in [0.29, 0.717) is 24.2 Å². The van der Waals surface area contributed by atoms with Crippen LogP contribution >= 0.6 is 0 Å². The Hall–Kier alpha value is -2.50. The minimum Gasteiger partial charge on any atom is -0.296 e. The van der Waals surface area contributed by atoms with E-state index < -0.39 is 26.7 Å². The molecule has 7 nitrogen and oxygen atoms in total. The fourth-order valence-electron chi connectivity index (χ4n) is 3.35. The van der Waals surface area contributed by atoms with Crippen LogP contribution in [0.3, 0.4) is 0 Å². The maximum Gasteiger partial charge on any atom is 0.416 e. The van der Waals surface area contributed by atoms with Crippen molar-refractivity contribution in [3.05, 3.63) is 69.3 Å². The molecule has 0 unspecified atom stereocenters. The summed E-state index contributed by atoms with van der Waals surface area (Å²) in [6.45, 7) is 2.80. The molecule has 2 aromatic rings. The summed E-state index contributed by atoms with van der Waals surface area (Å²) in [5.41, 5.74) is -0.118. The minimum atomic E-state index is -4.42. The molecule has 2 aromatic carbocycles. The van der Waals surface area contributed by atoms with E-state index in [2.05, 4.69) is 0 Å². The third kappa shape index (κ3) is 4.79. The van der Waals surface area contributed by atoms with Crippen LogP contribution < -0.4 is 0 Å². The van der Waals surface area contributed by atoms with Crippen LogP contribution in [-0.4, -0.2) is 48.7 Å². The van der Waals surface area contributed by atoms with Gasteiger partial charge in [-0.2, -0.15) is 17.5 Å². The second-order valence-electron chi connectivity index (χ2n) is 7.09. The van der Waals surface area contributed by atoms with Crippen molar-refractivity contribution in [3.63, 3.8) is 0 Å². The zero-order valence-corrected chi connectivity index (χ0v) is 16.9. The van der Waals surface area contributed by atoms with Crippen LogP contribution in [0.25, 0.3) is 0 Å². The summed E-state index contributed by atoms with van der Waals surface area (Å²) in [6, 6.07) is 8.76. The van der Waals surface area contributed by atoms with E-state index in [9.17, 15) is 31.7 Å². The first-order chi connectivity index (χ1) is 14.0. The fourth-order valence-corrected chi connectivity index (χ4v) is 5.02. The van der Waals surface area contributed by atoms with Gasteiger partial charge in [-0.3, -0.25) is 15.0 Å². The number of nitro groups is 1. The number of nitrogens with zero attached hydrogens (tertiary/aromatic N) is 3. The van der Waals surface area contributed by atoms with Gasteiger partial charge in [0, 0.05) is 44.9 Å². The monoisotopic (exact) mass is 443 g/mol. The zero-order chi connectivity index (χ0) is 22.1. The highest BCUT2D eigenvalue weighted by Crippen LogP contribution is 2.30. The molecule has 1 heterocycles. The SMILES string of the molecule is Cc1ccc([N+](=O)[O-])cc1S(=O)(=O)N1CCN(Cc2cccc(C(F)(F)F)c2)CC1. The number of hydrogen-bond donors (Lipinski definition) is 0. The Labute approximate surface area is 171 Å². The second-order valence-corrected chi connectivity index (χ2v) is 8.99. The number of piperazine rings is 1. The first-order valence-electron chi connectivity index (χ1n) is 9.12. The Kier molecular flexibility index (Phi) is 6.16. The second kappa shape index (κ2) is 8.32. The van der Waals surface area contributed by atoms with Crippen LogP contribution in [-0.2, 0) is 22.7 Å². The lowest BCUT2D eigenvalue weighted by Crippen LogP contribution is -2.48. The molecule has 0 atom stereocenters. The number of rotatable bonds is 5. The molecule has 0 bridgehead atoms. The summed E-state index contributed by atoms with van der Waals surface area (Å²) in [4.78, 5) is 12.1. The van der Waals surface area contributed by atoms with Gasteiger partial charge in [0.1, 0.15) is 0 Å². The predicted octanol–water partition coefficient (Wildman–Crippen LogP) is 3.43. The summed E-state index contributed by atoms with van der Waals surface area (Å²) in [5, 5.41) is 11.0. The van der Waals surface area contributed by atoms with Gasteiger partial charge in [-0.1, -0.05) is 24.3 Å². The minimum absolute atomic E-state index is 0.108. The van der Waals surface area contributed by atoms with E-state index in [-0.39, 0.29) is 30.2 Å². The van der Waals surface area contributed by atoms with Gasteiger partial charge in [-0.05, 0) is 24.1 Å². The van der Waals surface area contributed by atoms with Gasteiger partial charge in [0.15, 0.2) is 0 Å². The molecule has 0 saturated carbocycles. The Morgan fingerprint density at radius 1 is 1.07 bits per heavy atom. The summed E-state index contributed by atoms with van der Waals surface area (Å²) < 4.78 is 65.8. The van der Waals surface area contributed by atoms with E-state index in [1.54, 1.807) is 13.0 Å². The first-order valence-corrected chi connectivity index (χ1v) is 10.6. The molecule has 0 N–H and O–H groups in total. The average Bonchev–Trinajstić information content (AvgIpc) is 2.68. The third-order valence-corrected chi connectivity index (χ3v) is 7.03. The molecule has 0 amide bonds. The van der Waals surface area contributed by atoms with Crippen molar-refractivity contribution in [2.45, 2.75) is 24.5 Å². The molecule has 1 saturated heterocycles. The molecule has 0 aromatic heterocycles. The number of aryl methyl sites for hydroxylation is 1. The van der Waals surface area contributed by atoms with Crippen LogP contribution in [0.1, 0.15) is 16.7 Å². The van der Waals surface area contributed by atoms with Crippen LogP contribution in [0, 0.1) is 17.0 Å². The predicted molar refractivity (Wildman–Crippen MR) is 103 cm³/mol. The maximum atomic E-state index is 13.0. The highest BCUT2D eigenvalue weighted by molar-refractivity contribution is 7.89. The molecule has 1 fully saturated rings. The molecular weight excluding hydrogens is 423 g/mol. The van der Waals surface area contributed by atoms with Crippen LogP contribution in [0.2, 0.25) is 0 Å². The molecule has 0 aliphatic carbocycles. The van der Waals surface area contributed by atoms with Crippen molar-refractivity contribution in [3.8, 4) is 0 Å². The molecule has 0 spiro atoms. The van der Waals surface area contributed by atoms with E-state index in [1.807, 2.05) is 4.90 Å². The molecule has 3 rings (SSSR count). The summed E-state index contributed by atoms with van der Waals surface area (Å²) in [7, 11) is -3.92. The summed E-state index contributed by atoms with van der Waals surface area (Å²) in [6.07, 6.45) is -4.42. The van der Waals surface area contributed by atoms with Crippen molar-refractivity contribution < 1.29 is 26.5 Å². The first kappa shape index (κ1) is 22.2. The Morgan fingerprint density at radius 2 is 1.73 bits per heavy atom. The van der Waals surface area contributed by atoms with Gasteiger partial charge in [0.05, 0.1) is 15.4 Å². The Balaban J connectivity index is 1.70. The molecule has 1 aliphatic rings. The van der Waals surface area contributed by atoms with Gasteiger partial charge in [0.25, 0.3) is 5.69 Å². The van der Waals surface area contributed by atoms with Gasteiger partial charge in [-0.15, -0.1) is 0 Å². The fraction of sp³-hybridized carbons (Fsp3) is 0.368. The molecule has 1 aliphatic heterocycles. The Bertz CT molecular complexity index is 1050. The highest BCUT2D eigenvalue weighted by Gasteiger charge is 2.32. The summed E-state index contributed by atoms with van der Waals surface area (Å²) >= 11 is 0. The largest absolute Gasteiger partial charge is 0.416 e. The Morgan fingerprint density at radius 3 is 2.33 bits per heavy atom. The van der Waals surface area contributed by atoms with Gasteiger partial charge < -0.3 is 0 Å².